The Morgan fingerprint density at radius 1 is 1.18 bits per heavy atom. The lowest BCUT2D eigenvalue weighted by Gasteiger charge is -2.13. The minimum absolute atomic E-state index is 0.0801. The molecule has 2 heterocycles. The van der Waals surface area contributed by atoms with Crippen LogP contribution in [0.3, 0.4) is 0 Å². The summed E-state index contributed by atoms with van der Waals surface area (Å²) in [5.41, 5.74) is 0.524. The fraction of sp³-hybridized carbons (Fsp3) is 0.130. The van der Waals surface area contributed by atoms with Gasteiger partial charge in [-0.05, 0) is 48.5 Å². The Bertz CT molecular complexity index is 1380. The van der Waals surface area contributed by atoms with Gasteiger partial charge in [-0.3, -0.25) is 14.2 Å². The van der Waals surface area contributed by atoms with Crippen LogP contribution in [0.25, 0.3) is 10.9 Å². The predicted molar refractivity (Wildman–Crippen MR) is 121 cm³/mol. The molecule has 0 saturated carbocycles. The number of amides is 1. The van der Waals surface area contributed by atoms with Crippen LogP contribution in [0.5, 0.6) is 0 Å². The predicted octanol–water partition coefficient (Wildman–Crippen LogP) is 3.69. The van der Waals surface area contributed by atoms with E-state index in [0.717, 1.165) is 11.8 Å². The third-order valence-electron chi connectivity index (χ3n) is 4.68. The van der Waals surface area contributed by atoms with Crippen LogP contribution in [0.4, 0.5) is 10.1 Å². The molecule has 10 heteroatoms. The molecule has 0 fully saturated rings. The van der Waals surface area contributed by atoms with E-state index in [-0.39, 0.29) is 28.6 Å². The topological polar surface area (TPSA) is 103 Å². The van der Waals surface area contributed by atoms with Gasteiger partial charge in [-0.25, -0.2) is 14.2 Å². The molecule has 0 aliphatic carbocycles. The van der Waals surface area contributed by atoms with Gasteiger partial charge in [0.2, 0.25) is 5.91 Å². The Labute approximate surface area is 191 Å². The van der Waals surface area contributed by atoms with Crippen LogP contribution in [0, 0.1) is 5.82 Å². The summed E-state index contributed by atoms with van der Waals surface area (Å²) in [5.74, 6) is -0.959. The largest absolute Gasteiger partial charge is 0.467 e. The molecule has 0 atom stereocenters. The molecule has 2 aromatic carbocycles. The molecule has 168 valence electrons. The molecule has 33 heavy (non-hydrogen) atoms. The number of halogens is 1. The first kappa shape index (κ1) is 22.3. The number of hydrogen-bond donors (Lipinski definition) is 1. The van der Waals surface area contributed by atoms with Crippen LogP contribution in [-0.2, 0) is 16.1 Å². The third-order valence-corrected chi connectivity index (χ3v) is 5.65. The van der Waals surface area contributed by atoms with Crippen LogP contribution in [0.1, 0.15) is 16.1 Å². The number of thioether (sulfide) groups is 1. The number of furan rings is 1. The highest BCUT2D eigenvalue weighted by molar-refractivity contribution is 7.99. The van der Waals surface area contributed by atoms with Gasteiger partial charge < -0.3 is 14.5 Å². The fourth-order valence-corrected chi connectivity index (χ4v) is 3.95. The number of aromatic nitrogens is 2. The van der Waals surface area contributed by atoms with Crippen molar-refractivity contribution in [2.45, 2.75) is 11.7 Å². The van der Waals surface area contributed by atoms with E-state index >= 15 is 0 Å². The molecule has 1 N–H and O–H groups in total. The molecule has 1 amide bonds. The Morgan fingerprint density at radius 3 is 2.76 bits per heavy atom. The highest BCUT2D eigenvalue weighted by Crippen LogP contribution is 2.21. The first-order valence-electron chi connectivity index (χ1n) is 9.78. The number of nitrogens with zero attached hydrogens (tertiary/aromatic N) is 2. The Kier molecular flexibility index (Phi) is 6.55. The van der Waals surface area contributed by atoms with Gasteiger partial charge in [-0.2, -0.15) is 0 Å². The van der Waals surface area contributed by atoms with Gasteiger partial charge in [0.1, 0.15) is 11.6 Å². The summed E-state index contributed by atoms with van der Waals surface area (Å²) in [7, 11) is 1.26. The molecule has 0 radical (unpaired) electrons. The maximum absolute atomic E-state index is 13.4. The van der Waals surface area contributed by atoms with Gasteiger partial charge >= 0.3 is 5.97 Å². The van der Waals surface area contributed by atoms with Gasteiger partial charge in [0, 0.05) is 5.69 Å². The standard InChI is InChI=1S/C23H18FN3O5S/c1-31-22(30)14-7-8-18-19(10-14)26-23(27(21(18)29)12-17-6-3-9-32-17)33-13-20(28)25-16-5-2-4-15(24)11-16/h2-11H,12-13H2,1H3,(H,25,28). The summed E-state index contributed by atoms with van der Waals surface area (Å²) in [5, 5.41) is 3.18. The third kappa shape index (κ3) is 5.12. The number of hydrogen-bond acceptors (Lipinski definition) is 7. The van der Waals surface area contributed by atoms with Crippen LogP contribution in [0.2, 0.25) is 0 Å². The number of rotatable bonds is 7. The quantitative estimate of drug-likeness (QED) is 0.251. The fourth-order valence-electron chi connectivity index (χ4n) is 3.15. The van der Waals surface area contributed by atoms with E-state index in [1.807, 2.05) is 0 Å². The first-order chi connectivity index (χ1) is 15.9. The maximum Gasteiger partial charge on any atom is 0.337 e. The van der Waals surface area contributed by atoms with E-state index in [2.05, 4.69) is 10.3 Å². The SMILES string of the molecule is COC(=O)c1ccc2c(=O)n(Cc3ccco3)c(SCC(=O)Nc3cccc(F)c3)nc2c1. The Hall–Kier alpha value is -3.92. The minimum atomic E-state index is -0.554. The summed E-state index contributed by atoms with van der Waals surface area (Å²) in [4.78, 5) is 42.0. The number of esters is 1. The van der Waals surface area contributed by atoms with Crippen molar-refractivity contribution in [2.75, 3.05) is 18.2 Å². The summed E-state index contributed by atoms with van der Waals surface area (Å²) < 4.78 is 24.9. The highest BCUT2D eigenvalue weighted by atomic mass is 32.2. The Balaban J connectivity index is 1.66. The second-order valence-electron chi connectivity index (χ2n) is 6.94. The average molecular weight is 467 g/mol. The minimum Gasteiger partial charge on any atom is -0.467 e. The summed E-state index contributed by atoms with van der Waals surface area (Å²) in [6.07, 6.45) is 1.50. The van der Waals surface area contributed by atoms with Crippen LogP contribution < -0.4 is 10.9 Å². The normalized spacial score (nSPS) is 10.8. The van der Waals surface area contributed by atoms with Crippen LogP contribution >= 0.6 is 11.8 Å². The van der Waals surface area contributed by atoms with Gasteiger partial charge in [0.25, 0.3) is 5.56 Å². The molecular weight excluding hydrogens is 449 g/mol. The van der Waals surface area contributed by atoms with Gasteiger partial charge in [0.15, 0.2) is 5.16 Å². The average Bonchev–Trinajstić information content (AvgIpc) is 3.32. The van der Waals surface area contributed by atoms with E-state index in [1.54, 1.807) is 18.2 Å². The second-order valence-corrected chi connectivity index (χ2v) is 7.88. The molecule has 4 rings (SSSR count). The van der Waals surface area contributed by atoms with Crippen molar-refractivity contribution in [1.29, 1.82) is 0 Å². The molecule has 0 aliphatic heterocycles. The van der Waals surface area contributed by atoms with Crippen molar-refractivity contribution in [2.24, 2.45) is 0 Å². The molecule has 0 bridgehead atoms. The lowest BCUT2D eigenvalue weighted by atomic mass is 10.1. The van der Waals surface area contributed by atoms with Crippen molar-refractivity contribution in [3.63, 3.8) is 0 Å². The summed E-state index contributed by atoms with van der Waals surface area (Å²) >= 11 is 1.04. The number of nitrogens with one attached hydrogen (secondary N) is 1. The van der Waals surface area contributed by atoms with E-state index in [1.165, 1.54) is 54.3 Å². The van der Waals surface area contributed by atoms with Crippen molar-refractivity contribution in [1.82, 2.24) is 9.55 Å². The first-order valence-corrected chi connectivity index (χ1v) is 10.8. The van der Waals surface area contributed by atoms with Gasteiger partial charge in [-0.15, -0.1) is 0 Å². The molecule has 2 aromatic heterocycles. The lowest BCUT2D eigenvalue weighted by Crippen LogP contribution is -2.25. The van der Waals surface area contributed by atoms with E-state index in [0.29, 0.717) is 22.4 Å². The van der Waals surface area contributed by atoms with Gasteiger partial charge in [-0.1, -0.05) is 17.8 Å². The van der Waals surface area contributed by atoms with Crippen LogP contribution in [-0.4, -0.2) is 34.3 Å². The zero-order valence-corrected chi connectivity index (χ0v) is 18.2. The van der Waals surface area contributed by atoms with E-state index in [4.69, 9.17) is 9.15 Å². The smallest absolute Gasteiger partial charge is 0.337 e. The summed E-state index contributed by atoms with van der Waals surface area (Å²) in [6.45, 7) is 0.112. The zero-order valence-electron chi connectivity index (χ0n) is 17.4. The summed E-state index contributed by atoms with van der Waals surface area (Å²) in [6, 6.07) is 13.4. The molecule has 0 spiro atoms. The lowest BCUT2D eigenvalue weighted by molar-refractivity contribution is -0.113. The monoisotopic (exact) mass is 467 g/mol. The molecule has 0 saturated heterocycles. The number of methoxy groups -OCH3 is 1. The number of ether oxygens (including phenoxy) is 1. The number of carbonyl (C=O) groups is 2. The number of anilines is 1. The van der Waals surface area contributed by atoms with Crippen molar-refractivity contribution in [3.05, 3.63) is 88.4 Å². The maximum atomic E-state index is 13.4. The molecule has 8 nitrogen and oxygen atoms in total. The van der Waals surface area contributed by atoms with Crippen molar-refractivity contribution in [3.8, 4) is 0 Å². The number of carbonyl (C=O) groups excluding carboxylic acids is 2. The van der Waals surface area contributed by atoms with E-state index < -0.39 is 17.7 Å². The zero-order chi connectivity index (χ0) is 23.4. The highest BCUT2D eigenvalue weighted by Gasteiger charge is 2.17. The molecule has 4 aromatic rings. The molecule has 0 aliphatic rings. The van der Waals surface area contributed by atoms with Crippen LogP contribution in [0.15, 0.2) is 75.2 Å². The van der Waals surface area contributed by atoms with E-state index in [9.17, 15) is 18.8 Å². The Morgan fingerprint density at radius 2 is 2.03 bits per heavy atom. The van der Waals surface area contributed by atoms with Crippen molar-refractivity contribution >= 4 is 40.2 Å². The van der Waals surface area contributed by atoms with Crippen molar-refractivity contribution < 1.29 is 23.1 Å². The number of benzene rings is 2. The molecular formula is C23H18FN3O5S. The number of fused-ring (bicyclic) bond motifs is 1. The molecule has 0 unspecified atom stereocenters. The second kappa shape index (κ2) is 9.70. The van der Waals surface area contributed by atoms with Gasteiger partial charge in [0.05, 0.1) is 42.1 Å².